The van der Waals surface area contributed by atoms with Crippen LogP contribution in [0.4, 0.5) is 8.78 Å². The lowest BCUT2D eigenvalue weighted by Gasteiger charge is -2.16. The van der Waals surface area contributed by atoms with Gasteiger partial charge in [0.15, 0.2) is 0 Å². The molecule has 0 spiro atoms. The molecular formula is C13H15F2NO3. The highest BCUT2D eigenvalue weighted by Gasteiger charge is 2.22. The van der Waals surface area contributed by atoms with Crippen LogP contribution in [0.3, 0.4) is 0 Å². The summed E-state index contributed by atoms with van der Waals surface area (Å²) in [5, 5.41) is 0. The molecule has 0 radical (unpaired) electrons. The molecule has 0 aromatic heterocycles. The SMILES string of the molecule is CCCOC(=O)CN(C)C(=O)c1c(F)cccc1F. The number of likely N-dealkylation sites (N-methyl/N-ethyl adjacent to an activating group) is 1. The van der Waals surface area contributed by atoms with Crippen molar-refractivity contribution < 1.29 is 23.1 Å². The Morgan fingerprint density at radius 2 is 1.84 bits per heavy atom. The van der Waals surface area contributed by atoms with Gasteiger partial charge in [-0.2, -0.15) is 0 Å². The van der Waals surface area contributed by atoms with Crippen molar-refractivity contribution in [3.05, 3.63) is 35.4 Å². The van der Waals surface area contributed by atoms with E-state index in [4.69, 9.17) is 4.74 Å². The normalized spacial score (nSPS) is 10.1. The number of rotatable bonds is 5. The van der Waals surface area contributed by atoms with Gasteiger partial charge in [0.05, 0.1) is 6.61 Å². The smallest absolute Gasteiger partial charge is 0.325 e. The number of carbonyl (C=O) groups is 2. The van der Waals surface area contributed by atoms with Crippen LogP contribution in [-0.4, -0.2) is 37.0 Å². The first-order valence-corrected chi connectivity index (χ1v) is 5.82. The molecule has 4 nitrogen and oxygen atoms in total. The third kappa shape index (κ3) is 4.01. The van der Waals surface area contributed by atoms with E-state index in [1.165, 1.54) is 7.05 Å². The van der Waals surface area contributed by atoms with Gasteiger partial charge in [-0.25, -0.2) is 8.78 Å². The summed E-state index contributed by atoms with van der Waals surface area (Å²) < 4.78 is 31.6. The topological polar surface area (TPSA) is 46.6 Å². The van der Waals surface area contributed by atoms with Gasteiger partial charge in [-0.15, -0.1) is 0 Å². The molecule has 6 heteroatoms. The van der Waals surface area contributed by atoms with E-state index >= 15 is 0 Å². The van der Waals surface area contributed by atoms with E-state index in [2.05, 4.69) is 0 Å². The second-order valence-corrected chi connectivity index (χ2v) is 3.98. The maximum absolute atomic E-state index is 13.4. The van der Waals surface area contributed by atoms with E-state index in [1.807, 2.05) is 6.92 Å². The molecule has 19 heavy (non-hydrogen) atoms. The average Bonchev–Trinajstić information content (AvgIpc) is 2.35. The minimum Gasteiger partial charge on any atom is -0.464 e. The molecule has 0 saturated carbocycles. The Labute approximate surface area is 110 Å². The number of ether oxygens (including phenoxy) is 1. The Kier molecular flexibility index (Phi) is 5.41. The monoisotopic (exact) mass is 271 g/mol. The maximum Gasteiger partial charge on any atom is 0.325 e. The van der Waals surface area contributed by atoms with Crippen molar-refractivity contribution in [2.45, 2.75) is 13.3 Å². The number of carbonyl (C=O) groups excluding carboxylic acids is 2. The summed E-state index contributed by atoms with van der Waals surface area (Å²) in [5.74, 6) is -3.43. The fraction of sp³-hybridized carbons (Fsp3) is 0.385. The van der Waals surface area contributed by atoms with E-state index in [-0.39, 0.29) is 13.2 Å². The summed E-state index contributed by atoms with van der Waals surface area (Å²) in [4.78, 5) is 24.1. The molecule has 1 aromatic carbocycles. The van der Waals surface area contributed by atoms with E-state index < -0.39 is 29.1 Å². The fourth-order valence-electron chi connectivity index (χ4n) is 1.42. The summed E-state index contributed by atoms with van der Waals surface area (Å²) in [6, 6.07) is 3.13. The Hall–Kier alpha value is -1.98. The molecule has 0 N–H and O–H groups in total. The molecule has 1 amide bonds. The third-order valence-electron chi connectivity index (χ3n) is 2.36. The van der Waals surface area contributed by atoms with Crippen molar-refractivity contribution in [3.63, 3.8) is 0 Å². The lowest BCUT2D eigenvalue weighted by atomic mass is 10.1. The van der Waals surface area contributed by atoms with Gasteiger partial charge in [0.25, 0.3) is 5.91 Å². The molecule has 0 atom stereocenters. The van der Waals surface area contributed by atoms with Gasteiger partial charge < -0.3 is 9.64 Å². The van der Waals surface area contributed by atoms with Crippen LogP contribution in [0.25, 0.3) is 0 Å². The van der Waals surface area contributed by atoms with Gasteiger partial charge in [0.1, 0.15) is 23.7 Å². The minimum absolute atomic E-state index is 0.245. The second kappa shape index (κ2) is 6.82. The number of amides is 1. The summed E-state index contributed by atoms with van der Waals surface area (Å²) in [6.45, 7) is 1.72. The largest absolute Gasteiger partial charge is 0.464 e. The lowest BCUT2D eigenvalue weighted by Crippen LogP contribution is -2.34. The quantitative estimate of drug-likeness (QED) is 0.769. The number of nitrogens with zero attached hydrogens (tertiary/aromatic N) is 1. The zero-order valence-corrected chi connectivity index (χ0v) is 10.8. The van der Waals surface area contributed by atoms with Crippen LogP contribution in [0.5, 0.6) is 0 Å². The zero-order chi connectivity index (χ0) is 14.4. The Balaban J connectivity index is 2.75. The van der Waals surface area contributed by atoms with Crippen LogP contribution in [0, 0.1) is 11.6 Å². The van der Waals surface area contributed by atoms with Crippen molar-refractivity contribution >= 4 is 11.9 Å². The first kappa shape index (κ1) is 15.1. The molecular weight excluding hydrogens is 256 g/mol. The maximum atomic E-state index is 13.4. The molecule has 104 valence electrons. The van der Waals surface area contributed by atoms with Crippen LogP contribution >= 0.6 is 0 Å². The minimum atomic E-state index is -0.959. The average molecular weight is 271 g/mol. The first-order valence-electron chi connectivity index (χ1n) is 5.82. The van der Waals surface area contributed by atoms with Gasteiger partial charge >= 0.3 is 5.97 Å². The summed E-state index contributed by atoms with van der Waals surface area (Å²) >= 11 is 0. The first-order chi connectivity index (χ1) is 8.97. The Bertz CT molecular complexity index is 457. The molecule has 0 aliphatic carbocycles. The molecule has 0 bridgehead atoms. The summed E-state index contributed by atoms with van der Waals surface area (Å²) in [5.41, 5.74) is -0.673. The predicted molar refractivity (Wildman–Crippen MR) is 64.6 cm³/mol. The van der Waals surface area contributed by atoms with E-state index in [0.29, 0.717) is 6.42 Å². The lowest BCUT2D eigenvalue weighted by molar-refractivity contribution is -0.144. The zero-order valence-electron chi connectivity index (χ0n) is 10.8. The summed E-state index contributed by atoms with van der Waals surface area (Å²) in [6.07, 6.45) is 0.658. The van der Waals surface area contributed by atoms with Gasteiger partial charge in [0, 0.05) is 7.05 Å². The molecule has 0 aliphatic heterocycles. The van der Waals surface area contributed by atoms with Crippen molar-refractivity contribution in [2.75, 3.05) is 20.2 Å². The molecule has 1 rings (SSSR count). The van der Waals surface area contributed by atoms with Gasteiger partial charge in [0.2, 0.25) is 0 Å². The second-order valence-electron chi connectivity index (χ2n) is 3.98. The Morgan fingerprint density at radius 3 is 2.37 bits per heavy atom. The number of hydrogen-bond donors (Lipinski definition) is 0. The number of halogens is 2. The predicted octanol–water partition coefficient (Wildman–Crippen LogP) is 1.99. The van der Waals surface area contributed by atoms with Gasteiger partial charge in [-0.1, -0.05) is 13.0 Å². The molecule has 0 heterocycles. The number of esters is 1. The highest BCUT2D eigenvalue weighted by atomic mass is 19.1. The van der Waals surface area contributed by atoms with Crippen LogP contribution in [-0.2, 0) is 9.53 Å². The third-order valence-corrected chi connectivity index (χ3v) is 2.36. The fourth-order valence-corrected chi connectivity index (χ4v) is 1.42. The van der Waals surface area contributed by atoms with E-state index in [0.717, 1.165) is 23.1 Å². The molecule has 0 unspecified atom stereocenters. The number of hydrogen-bond acceptors (Lipinski definition) is 3. The van der Waals surface area contributed by atoms with E-state index in [1.54, 1.807) is 0 Å². The van der Waals surface area contributed by atoms with Crippen molar-refractivity contribution in [1.29, 1.82) is 0 Å². The molecule has 1 aromatic rings. The van der Waals surface area contributed by atoms with E-state index in [9.17, 15) is 18.4 Å². The molecule has 0 saturated heterocycles. The number of benzene rings is 1. The van der Waals surface area contributed by atoms with Crippen molar-refractivity contribution in [1.82, 2.24) is 4.90 Å². The highest BCUT2D eigenvalue weighted by Crippen LogP contribution is 2.14. The molecule has 0 aliphatic rings. The van der Waals surface area contributed by atoms with Crippen LogP contribution < -0.4 is 0 Å². The molecule has 0 fully saturated rings. The summed E-state index contributed by atoms with van der Waals surface area (Å²) in [7, 11) is 1.28. The van der Waals surface area contributed by atoms with Crippen molar-refractivity contribution in [2.24, 2.45) is 0 Å². The standard InChI is InChI=1S/C13H15F2NO3/c1-3-7-19-11(17)8-16(2)13(18)12-9(14)5-4-6-10(12)15/h4-6H,3,7-8H2,1-2H3. The van der Waals surface area contributed by atoms with Gasteiger partial charge in [-0.3, -0.25) is 9.59 Å². The van der Waals surface area contributed by atoms with Crippen LogP contribution in [0.1, 0.15) is 23.7 Å². The highest BCUT2D eigenvalue weighted by molar-refractivity contribution is 5.96. The van der Waals surface area contributed by atoms with Gasteiger partial charge in [-0.05, 0) is 18.6 Å². The Morgan fingerprint density at radius 1 is 1.26 bits per heavy atom. The van der Waals surface area contributed by atoms with Crippen LogP contribution in [0.15, 0.2) is 18.2 Å². The van der Waals surface area contributed by atoms with Crippen molar-refractivity contribution in [3.8, 4) is 0 Å². The van der Waals surface area contributed by atoms with Crippen LogP contribution in [0.2, 0.25) is 0 Å².